The average molecular weight is 245 g/mol. The molecule has 4 heteroatoms. The number of nitrogens with two attached hydrogens (primary N) is 1. The first-order valence-electron chi connectivity index (χ1n) is 6.54. The number of benzene rings is 1. The quantitative estimate of drug-likeness (QED) is 0.825. The van der Waals surface area contributed by atoms with Crippen LogP contribution in [-0.4, -0.2) is 30.4 Å². The molecular weight excluding hydrogens is 226 g/mol. The molecule has 1 aromatic carbocycles. The van der Waals surface area contributed by atoms with Crippen LogP contribution in [0, 0.1) is 12.8 Å². The molecule has 2 unspecified atom stereocenters. The number of hydrogen-bond acceptors (Lipinski definition) is 3. The summed E-state index contributed by atoms with van der Waals surface area (Å²) in [7, 11) is 0. The Hall–Kier alpha value is -1.39. The van der Waals surface area contributed by atoms with Gasteiger partial charge in [0, 0.05) is 17.8 Å². The van der Waals surface area contributed by atoms with Gasteiger partial charge in [0.1, 0.15) is 6.04 Å². The van der Waals surface area contributed by atoms with E-state index in [4.69, 9.17) is 5.73 Å². The molecule has 1 aromatic rings. The van der Waals surface area contributed by atoms with Crippen molar-refractivity contribution in [2.45, 2.75) is 19.4 Å². The summed E-state index contributed by atoms with van der Waals surface area (Å²) >= 11 is 0. The summed E-state index contributed by atoms with van der Waals surface area (Å²) < 4.78 is 0. The third kappa shape index (κ3) is 1.82. The summed E-state index contributed by atoms with van der Waals surface area (Å²) in [6.45, 7) is 4.67. The number of carbonyl (C=O) groups is 1. The lowest BCUT2D eigenvalue weighted by Gasteiger charge is -2.22. The minimum Gasteiger partial charge on any atom is -0.330 e. The second-order valence-corrected chi connectivity index (χ2v) is 5.37. The molecule has 2 atom stereocenters. The lowest BCUT2D eigenvalue weighted by atomic mass is 10.0. The second-order valence-electron chi connectivity index (χ2n) is 5.37. The van der Waals surface area contributed by atoms with E-state index in [-0.39, 0.29) is 11.9 Å². The van der Waals surface area contributed by atoms with Crippen LogP contribution in [0.2, 0.25) is 0 Å². The highest BCUT2D eigenvalue weighted by atomic mass is 16.2. The zero-order chi connectivity index (χ0) is 12.7. The van der Waals surface area contributed by atoms with Gasteiger partial charge in [0.25, 0.3) is 0 Å². The number of anilines is 1. The first-order valence-corrected chi connectivity index (χ1v) is 6.54. The Morgan fingerprint density at radius 3 is 3.06 bits per heavy atom. The third-order valence-electron chi connectivity index (χ3n) is 4.02. The zero-order valence-electron chi connectivity index (χ0n) is 10.6. The van der Waals surface area contributed by atoms with Crippen molar-refractivity contribution in [2.24, 2.45) is 11.7 Å². The summed E-state index contributed by atoms with van der Waals surface area (Å²) in [4.78, 5) is 14.4. The standard InChI is InChI=1S/C14H19N3O/c1-9-2-3-12-11(6-9)13(14(18)16-12)17-5-4-10(7-15)8-17/h2-3,6,10,13H,4-5,7-8,15H2,1H3,(H,16,18). The molecule has 3 rings (SSSR count). The van der Waals surface area contributed by atoms with Crippen LogP contribution >= 0.6 is 0 Å². The molecule has 2 heterocycles. The third-order valence-corrected chi connectivity index (χ3v) is 4.02. The van der Waals surface area contributed by atoms with Gasteiger partial charge in [-0.1, -0.05) is 17.7 Å². The fourth-order valence-electron chi connectivity index (χ4n) is 3.02. The molecule has 1 amide bonds. The minimum absolute atomic E-state index is 0.105. The molecule has 0 bridgehead atoms. The Bertz CT molecular complexity index is 486. The van der Waals surface area contributed by atoms with Crippen LogP contribution in [0.25, 0.3) is 0 Å². The Balaban J connectivity index is 1.90. The van der Waals surface area contributed by atoms with E-state index in [1.54, 1.807) is 0 Å². The van der Waals surface area contributed by atoms with Crippen molar-refractivity contribution in [3.8, 4) is 0 Å². The van der Waals surface area contributed by atoms with Gasteiger partial charge in [0.2, 0.25) is 5.91 Å². The average Bonchev–Trinajstić information content (AvgIpc) is 2.92. The summed E-state index contributed by atoms with van der Waals surface area (Å²) in [6.07, 6.45) is 1.10. The molecule has 0 saturated carbocycles. The normalized spacial score (nSPS) is 27.3. The van der Waals surface area contributed by atoms with Crippen molar-refractivity contribution >= 4 is 11.6 Å². The monoisotopic (exact) mass is 245 g/mol. The van der Waals surface area contributed by atoms with E-state index in [9.17, 15) is 4.79 Å². The Morgan fingerprint density at radius 1 is 1.50 bits per heavy atom. The van der Waals surface area contributed by atoms with Gasteiger partial charge in [0.05, 0.1) is 0 Å². The maximum Gasteiger partial charge on any atom is 0.246 e. The molecular formula is C14H19N3O. The summed E-state index contributed by atoms with van der Waals surface area (Å²) in [6, 6.07) is 6.04. The number of fused-ring (bicyclic) bond motifs is 1. The molecule has 1 saturated heterocycles. The first kappa shape index (κ1) is 11.7. The molecule has 1 fully saturated rings. The molecule has 0 aliphatic carbocycles. The summed E-state index contributed by atoms with van der Waals surface area (Å²) in [5, 5.41) is 2.97. The van der Waals surface area contributed by atoms with Gasteiger partial charge in [-0.05, 0) is 38.4 Å². The van der Waals surface area contributed by atoms with E-state index < -0.39 is 0 Å². The fourth-order valence-corrected chi connectivity index (χ4v) is 3.02. The van der Waals surface area contributed by atoms with Crippen LogP contribution < -0.4 is 11.1 Å². The number of carbonyl (C=O) groups excluding carboxylic acids is 1. The zero-order valence-corrected chi connectivity index (χ0v) is 10.6. The van der Waals surface area contributed by atoms with Crippen molar-refractivity contribution in [1.29, 1.82) is 0 Å². The van der Waals surface area contributed by atoms with Crippen molar-refractivity contribution in [1.82, 2.24) is 4.90 Å². The molecule has 96 valence electrons. The van der Waals surface area contributed by atoms with Crippen molar-refractivity contribution in [3.63, 3.8) is 0 Å². The molecule has 2 aliphatic heterocycles. The van der Waals surface area contributed by atoms with E-state index in [1.165, 1.54) is 5.56 Å². The molecule has 0 aromatic heterocycles. The van der Waals surface area contributed by atoms with E-state index in [0.717, 1.165) is 30.8 Å². The van der Waals surface area contributed by atoms with Gasteiger partial charge in [0.15, 0.2) is 0 Å². The number of nitrogens with zero attached hydrogens (tertiary/aromatic N) is 1. The number of aryl methyl sites for hydroxylation is 1. The molecule has 0 radical (unpaired) electrons. The van der Waals surface area contributed by atoms with Gasteiger partial charge < -0.3 is 11.1 Å². The molecule has 18 heavy (non-hydrogen) atoms. The van der Waals surface area contributed by atoms with Crippen LogP contribution in [0.3, 0.4) is 0 Å². The van der Waals surface area contributed by atoms with E-state index in [1.807, 2.05) is 12.1 Å². The van der Waals surface area contributed by atoms with E-state index in [2.05, 4.69) is 23.2 Å². The molecule has 0 spiro atoms. The number of nitrogens with one attached hydrogen (secondary N) is 1. The van der Waals surface area contributed by atoms with Crippen molar-refractivity contribution in [3.05, 3.63) is 29.3 Å². The van der Waals surface area contributed by atoms with Crippen molar-refractivity contribution in [2.75, 3.05) is 25.0 Å². The molecule has 4 nitrogen and oxygen atoms in total. The van der Waals surface area contributed by atoms with Gasteiger partial charge in [-0.3, -0.25) is 9.69 Å². The second kappa shape index (κ2) is 4.37. The van der Waals surface area contributed by atoms with E-state index in [0.29, 0.717) is 12.5 Å². The number of likely N-dealkylation sites (tertiary alicyclic amines) is 1. The maximum atomic E-state index is 12.1. The number of amides is 1. The van der Waals surface area contributed by atoms with Gasteiger partial charge in [-0.25, -0.2) is 0 Å². The highest BCUT2D eigenvalue weighted by molar-refractivity contribution is 6.02. The van der Waals surface area contributed by atoms with Crippen LogP contribution in [0.1, 0.15) is 23.6 Å². The first-order chi connectivity index (χ1) is 8.69. The summed E-state index contributed by atoms with van der Waals surface area (Å²) in [5.41, 5.74) is 9.01. The Labute approximate surface area is 107 Å². The van der Waals surface area contributed by atoms with Crippen molar-refractivity contribution < 1.29 is 4.79 Å². The lowest BCUT2D eigenvalue weighted by Crippen LogP contribution is -2.32. The van der Waals surface area contributed by atoms with Crippen LogP contribution in [-0.2, 0) is 4.79 Å². The van der Waals surface area contributed by atoms with Gasteiger partial charge in [-0.15, -0.1) is 0 Å². The highest BCUT2D eigenvalue weighted by Gasteiger charge is 2.38. The van der Waals surface area contributed by atoms with Crippen LogP contribution in [0.5, 0.6) is 0 Å². The highest BCUT2D eigenvalue weighted by Crippen LogP contribution is 2.37. The Morgan fingerprint density at radius 2 is 2.33 bits per heavy atom. The number of hydrogen-bond donors (Lipinski definition) is 2. The molecule has 2 aliphatic rings. The topological polar surface area (TPSA) is 58.4 Å². The predicted molar refractivity (Wildman–Crippen MR) is 71.3 cm³/mol. The lowest BCUT2D eigenvalue weighted by molar-refractivity contribution is -0.120. The fraction of sp³-hybridized carbons (Fsp3) is 0.500. The van der Waals surface area contributed by atoms with Gasteiger partial charge in [-0.2, -0.15) is 0 Å². The van der Waals surface area contributed by atoms with Crippen LogP contribution in [0.4, 0.5) is 5.69 Å². The van der Waals surface area contributed by atoms with Gasteiger partial charge >= 0.3 is 0 Å². The smallest absolute Gasteiger partial charge is 0.246 e. The van der Waals surface area contributed by atoms with E-state index >= 15 is 0 Å². The summed E-state index contributed by atoms with van der Waals surface area (Å²) in [5.74, 6) is 0.639. The van der Waals surface area contributed by atoms with Crippen LogP contribution in [0.15, 0.2) is 18.2 Å². The predicted octanol–water partition coefficient (Wildman–Crippen LogP) is 1.27. The SMILES string of the molecule is Cc1ccc2c(c1)C(N1CCC(CN)C1)C(=O)N2. The number of rotatable bonds is 2. The Kier molecular flexibility index (Phi) is 2.84. The molecule has 3 N–H and O–H groups in total. The maximum absolute atomic E-state index is 12.1. The largest absolute Gasteiger partial charge is 0.330 e. The minimum atomic E-state index is -0.114.